The molecule has 2 heterocycles. The maximum absolute atomic E-state index is 12.3. The fraction of sp³-hybridized carbons (Fsp3) is 0.250. The van der Waals surface area contributed by atoms with E-state index in [1.165, 1.54) is 25.7 Å². The number of nitrogens with one attached hydrogen (secondary N) is 3. The van der Waals surface area contributed by atoms with Crippen LogP contribution in [0.15, 0.2) is 67.1 Å². The molecular formula is C28H31N7O4. The molecule has 0 atom stereocenters. The zero-order valence-electron chi connectivity index (χ0n) is 22.5. The van der Waals surface area contributed by atoms with Crippen molar-refractivity contribution in [2.24, 2.45) is 0 Å². The summed E-state index contributed by atoms with van der Waals surface area (Å²) in [5, 5.41) is 19.4. The van der Waals surface area contributed by atoms with Crippen molar-refractivity contribution in [3.05, 3.63) is 84.1 Å². The van der Waals surface area contributed by atoms with Crippen molar-refractivity contribution in [3.8, 4) is 11.5 Å². The molecule has 4 rings (SSSR count). The smallest absolute Gasteiger partial charge is 0.435 e. The van der Waals surface area contributed by atoms with Gasteiger partial charge in [0, 0.05) is 17.8 Å². The van der Waals surface area contributed by atoms with Gasteiger partial charge in [-0.05, 0) is 44.5 Å². The van der Waals surface area contributed by atoms with Crippen molar-refractivity contribution in [2.45, 2.75) is 32.9 Å². The average molecular weight is 530 g/mol. The maximum atomic E-state index is 12.3. The molecule has 0 aliphatic rings. The summed E-state index contributed by atoms with van der Waals surface area (Å²) in [6.45, 7) is 5.90. The highest BCUT2D eigenvalue weighted by Gasteiger charge is 2.20. The number of carbonyl (C=O) groups is 1. The van der Waals surface area contributed by atoms with Crippen molar-refractivity contribution in [1.82, 2.24) is 19.7 Å². The minimum Gasteiger partial charge on any atom is -0.497 e. The van der Waals surface area contributed by atoms with Crippen LogP contribution in [0.5, 0.6) is 11.5 Å². The molecule has 0 unspecified atom stereocenters. The summed E-state index contributed by atoms with van der Waals surface area (Å²) in [6, 6.07) is 15.3. The molecule has 0 fully saturated rings. The number of rotatable bonds is 9. The highest BCUT2D eigenvalue weighted by Crippen LogP contribution is 2.26. The van der Waals surface area contributed by atoms with Gasteiger partial charge in [-0.1, -0.05) is 30.3 Å². The number of methoxy groups -OCH3 is 2. The molecule has 11 nitrogen and oxygen atoms in total. The highest BCUT2D eigenvalue weighted by atomic mass is 16.6. The van der Waals surface area contributed by atoms with Crippen LogP contribution in [0.3, 0.4) is 0 Å². The Kier molecular flexibility index (Phi) is 8.09. The Morgan fingerprint density at radius 3 is 2.46 bits per heavy atom. The minimum atomic E-state index is -0.651. The number of nitrogens with zero attached hydrogens (tertiary/aromatic N) is 4. The summed E-state index contributed by atoms with van der Waals surface area (Å²) in [5.74, 6) is 1.66. The fourth-order valence-electron chi connectivity index (χ4n) is 3.58. The van der Waals surface area contributed by atoms with Crippen LogP contribution in [0.2, 0.25) is 0 Å². The topological polar surface area (TPSA) is 136 Å². The van der Waals surface area contributed by atoms with Crippen LogP contribution in [0.1, 0.15) is 37.7 Å². The average Bonchev–Trinajstić information content (AvgIpc) is 3.40. The fourth-order valence-corrected chi connectivity index (χ4v) is 3.58. The van der Waals surface area contributed by atoms with Crippen LogP contribution in [0, 0.1) is 5.41 Å². The van der Waals surface area contributed by atoms with E-state index in [2.05, 4.69) is 25.7 Å². The van der Waals surface area contributed by atoms with E-state index in [1.807, 2.05) is 48.5 Å². The van der Waals surface area contributed by atoms with Gasteiger partial charge in [0.15, 0.2) is 17.4 Å². The number of hydrogen-bond donors (Lipinski definition) is 3. The Morgan fingerprint density at radius 2 is 1.77 bits per heavy atom. The lowest BCUT2D eigenvalue weighted by Gasteiger charge is -2.18. The van der Waals surface area contributed by atoms with Gasteiger partial charge in [0.25, 0.3) is 0 Å². The normalized spacial score (nSPS) is 11.0. The second kappa shape index (κ2) is 11.6. The Hall–Kier alpha value is -4.93. The molecule has 202 valence electrons. The van der Waals surface area contributed by atoms with Gasteiger partial charge >= 0.3 is 6.09 Å². The molecule has 39 heavy (non-hydrogen) atoms. The molecule has 0 saturated heterocycles. The zero-order valence-corrected chi connectivity index (χ0v) is 22.5. The number of hydrogen-bond acceptors (Lipinski definition) is 10. The van der Waals surface area contributed by atoms with E-state index in [9.17, 15) is 4.79 Å². The second-order valence-corrected chi connectivity index (χ2v) is 9.51. The Balaban J connectivity index is 1.53. The van der Waals surface area contributed by atoms with E-state index >= 15 is 0 Å². The first-order chi connectivity index (χ1) is 18.7. The largest absolute Gasteiger partial charge is 0.497 e. The molecule has 11 heteroatoms. The molecule has 0 aliphatic carbocycles. The predicted octanol–water partition coefficient (Wildman–Crippen LogP) is 5.25. The quantitative estimate of drug-likeness (QED) is 0.248. The third kappa shape index (κ3) is 6.89. The Labute approximate surface area is 226 Å². The number of aromatic nitrogens is 4. The van der Waals surface area contributed by atoms with Crippen molar-refractivity contribution < 1.29 is 19.0 Å². The molecule has 0 spiro atoms. The second-order valence-electron chi connectivity index (χ2n) is 9.51. The first-order valence-electron chi connectivity index (χ1n) is 12.2. The van der Waals surface area contributed by atoms with Gasteiger partial charge in [-0.2, -0.15) is 9.78 Å². The van der Waals surface area contributed by atoms with Crippen LogP contribution >= 0.6 is 0 Å². The summed E-state index contributed by atoms with van der Waals surface area (Å²) in [6.07, 6.45) is 3.84. The first kappa shape index (κ1) is 27.1. The summed E-state index contributed by atoms with van der Waals surface area (Å²) in [7, 11) is 3.13. The summed E-state index contributed by atoms with van der Waals surface area (Å²) in [4.78, 5) is 21.2. The van der Waals surface area contributed by atoms with Gasteiger partial charge in [-0.15, -0.1) is 0 Å². The Bertz CT molecular complexity index is 1460. The van der Waals surface area contributed by atoms with Crippen LogP contribution in [-0.4, -0.2) is 51.4 Å². The molecule has 0 radical (unpaired) electrons. The predicted molar refractivity (Wildman–Crippen MR) is 148 cm³/mol. The van der Waals surface area contributed by atoms with Crippen molar-refractivity contribution in [1.29, 1.82) is 5.41 Å². The first-order valence-corrected chi connectivity index (χ1v) is 12.2. The number of benzene rings is 2. The van der Waals surface area contributed by atoms with Crippen LogP contribution in [0.25, 0.3) is 0 Å². The lowest BCUT2D eigenvalue weighted by atomic mass is 10.1. The molecule has 4 aromatic rings. The number of carbonyl (C=O) groups excluding carboxylic acids is 1. The summed E-state index contributed by atoms with van der Waals surface area (Å²) >= 11 is 0. The summed E-state index contributed by atoms with van der Waals surface area (Å²) < 4.78 is 17.1. The lowest BCUT2D eigenvalue weighted by molar-refractivity contribution is 0.0514. The van der Waals surface area contributed by atoms with Crippen molar-refractivity contribution >= 4 is 29.0 Å². The highest BCUT2D eigenvalue weighted by molar-refractivity contribution is 6.12. The van der Waals surface area contributed by atoms with Crippen molar-refractivity contribution in [2.75, 3.05) is 24.9 Å². The third-order valence-corrected chi connectivity index (χ3v) is 5.46. The van der Waals surface area contributed by atoms with Gasteiger partial charge in [-0.25, -0.2) is 14.8 Å². The SMILES string of the molecule is COc1ccc(CNc2ccccc2C(=N)c2ncc(OC)c(Nc3cnn(C(=O)OC(C)(C)C)c3)n2)cc1. The van der Waals surface area contributed by atoms with E-state index in [4.69, 9.17) is 19.6 Å². The van der Waals surface area contributed by atoms with E-state index in [-0.39, 0.29) is 11.5 Å². The van der Waals surface area contributed by atoms with Gasteiger partial charge < -0.3 is 24.8 Å². The van der Waals surface area contributed by atoms with Crippen LogP contribution < -0.4 is 20.1 Å². The summed E-state index contributed by atoms with van der Waals surface area (Å²) in [5.41, 5.74) is 2.43. The molecule has 2 aromatic heterocycles. The molecule has 2 aromatic carbocycles. The molecule has 0 amide bonds. The molecule has 3 N–H and O–H groups in total. The maximum Gasteiger partial charge on any atom is 0.435 e. The third-order valence-electron chi connectivity index (χ3n) is 5.46. The van der Waals surface area contributed by atoms with Gasteiger partial charge in [0.1, 0.15) is 17.1 Å². The molecular weight excluding hydrogens is 498 g/mol. The minimum absolute atomic E-state index is 0.128. The van der Waals surface area contributed by atoms with E-state index in [1.54, 1.807) is 27.9 Å². The number of ether oxygens (including phenoxy) is 3. The monoisotopic (exact) mass is 529 g/mol. The molecule has 0 aliphatic heterocycles. The zero-order chi connectivity index (χ0) is 28.0. The number of anilines is 3. The van der Waals surface area contributed by atoms with E-state index in [0.29, 0.717) is 29.4 Å². The Morgan fingerprint density at radius 1 is 1.03 bits per heavy atom. The van der Waals surface area contributed by atoms with Gasteiger partial charge in [0.05, 0.1) is 38.5 Å². The van der Waals surface area contributed by atoms with Gasteiger partial charge in [0.2, 0.25) is 0 Å². The van der Waals surface area contributed by atoms with Crippen LogP contribution in [-0.2, 0) is 11.3 Å². The standard InChI is InChI=1S/C28H31N7O4/c1-28(2,3)39-27(36)35-17-19(15-32-35)33-25-23(38-5)16-31-26(34-25)24(29)21-8-6-7-9-22(21)30-14-18-10-12-20(37-4)13-11-18/h6-13,15-17,29-30H,14H2,1-5H3,(H,31,33,34). The molecule has 0 saturated carbocycles. The van der Waals surface area contributed by atoms with E-state index in [0.717, 1.165) is 21.7 Å². The molecule has 0 bridgehead atoms. The van der Waals surface area contributed by atoms with Crippen LogP contribution in [0.4, 0.5) is 22.0 Å². The van der Waals surface area contributed by atoms with Crippen molar-refractivity contribution in [3.63, 3.8) is 0 Å². The van der Waals surface area contributed by atoms with Gasteiger partial charge in [-0.3, -0.25) is 5.41 Å². The van der Waals surface area contributed by atoms with E-state index < -0.39 is 11.7 Å². The lowest BCUT2D eigenvalue weighted by Crippen LogP contribution is -2.27. The number of para-hydroxylation sites is 1.